The van der Waals surface area contributed by atoms with Crippen molar-refractivity contribution in [2.75, 3.05) is 25.2 Å². The number of carbonyl (C=O) groups is 1. The number of hydrogen-bond donors (Lipinski definition) is 1. The Labute approximate surface area is 205 Å². The molecule has 0 bridgehead atoms. The molecule has 1 N–H and O–H groups in total. The number of carbonyl (C=O) groups excluding carboxylic acids is 1. The molecule has 0 saturated heterocycles. The van der Waals surface area contributed by atoms with Crippen LogP contribution >= 0.6 is 0 Å². The molecule has 0 radical (unpaired) electrons. The van der Waals surface area contributed by atoms with Crippen LogP contribution in [0.2, 0.25) is 0 Å². The molecule has 0 unspecified atom stereocenters. The van der Waals surface area contributed by atoms with Gasteiger partial charge in [-0.1, -0.05) is 19.1 Å². The summed E-state index contributed by atoms with van der Waals surface area (Å²) in [4.78, 5) is 17.5. The van der Waals surface area contributed by atoms with Crippen LogP contribution in [0.1, 0.15) is 28.7 Å². The maximum atomic E-state index is 13.0. The first-order valence-electron chi connectivity index (χ1n) is 10.9. The number of imidazole rings is 1. The molecule has 1 aliphatic rings. The molecule has 10 nitrogen and oxygen atoms in total. The van der Waals surface area contributed by atoms with Crippen LogP contribution < -0.4 is 15.1 Å². The fourth-order valence-corrected chi connectivity index (χ4v) is 4.43. The molecule has 0 atom stereocenters. The van der Waals surface area contributed by atoms with Gasteiger partial charge in [0.25, 0.3) is 5.91 Å². The minimum absolute atomic E-state index is 0.0561. The molecule has 192 valence electrons. The van der Waals surface area contributed by atoms with Crippen molar-refractivity contribution < 1.29 is 31.1 Å². The van der Waals surface area contributed by atoms with Crippen molar-refractivity contribution in [1.29, 1.82) is 0 Å². The maximum Gasteiger partial charge on any atom is 0.516 e. The molecular formula is C22H23F3N6O4S. The molecule has 0 aliphatic carbocycles. The van der Waals surface area contributed by atoms with Gasteiger partial charge in [0.05, 0.1) is 37.8 Å². The summed E-state index contributed by atoms with van der Waals surface area (Å²) in [6.45, 7) is 1.68. The number of aromatic nitrogens is 2. The Balaban J connectivity index is 1.43. The summed E-state index contributed by atoms with van der Waals surface area (Å²) in [5, 5.41) is 8.10. The van der Waals surface area contributed by atoms with Crippen LogP contribution in [0.25, 0.3) is 5.65 Å². The third-order valence-electron chi connectivity index (χ3n) is 5.59. The third-order valence-corrected chi connectivity index (χ3v) is 7.07. The van der Waals surface area contributed by atoms with Gasteiger partial charge in [-0.3, -0.25) is 14.2 Å². The number of nitrogens with zero attached hydrogens (tertiary/aromatic N) is 5. The van der Waals surface area contributed by atoms with Gasteiger partial charge in [0.1, 0.15) is 23.4 Å². The lowest BCUT2D eigenvalue weighted by Gasteiger charge is -2.29. The van der Waals surface area contributed by atoms with Gasteiger partial charge in [-0.2, -0.15) is 26.7 Å². The number of aryl methyl sites for hydroxylation is 1. The molecule has 0 spiro atoms. The van der Waals surface area contributed by atoms with E-state index in [4.69, 9.17) is 4.74 Å². The monoisotopic (exact) mass is 524 g/mol. The van der Waals surface area contributed by atoms with Crippen LogP contribution in [-0.2, 0) is 23.0 Å². The first kappa shape index (κ1) is 25.3. The van der Waals surface area contributed by atoms with E-state index in [1.54, 1.807) is 47.0 Å². The number of anilines is 1. The topological polar surface area (TPSA) is 109 Å². The van der Waals surface area contributed by atoms with Gasteiger partial charge >= 0.3 is 15.5 Å². The molecule has 2 aromatic heterocycles. The molecule has 4 rings (SSSR count). The van der Waals surface area contributed by atoms with Gasteiger partial charge in [0.2, 0.25) is 0 Å². The van der Waals surface area contributed by atoms with Crippen molar-refractivity contribution in [3.05, 3.63) is 59.5 Å². The molecular weight excluding hydrogens is 501 g/mol. The van der Waals surface area contributed by atoms with Crippen molar-refractivity contribution >= 4 is 33.6 Å². The number of benzene rings is 1. The number of rotatable bonds is 7. The summed E-state index contributed by atoms with van der Waals surface area (Å²) in [7, 11) is -3.93. The van der Waals surface area contributed by atoms with Crippen molar-refractivity contribution in [2.24, 2.45) is 5.10 Å². The molecule has 36 heavy (non-hydrogen) atoms. The number of sulfonamides is 1. The highest BCUT2D eigenvalue weighted by Gasteiger charge is 2.50. The third kappa shape index (κ3) is 4.80. The first-order chi connectivity index (χ1) is 17.0. The molecule has 0 saturated carbocycles. The Bertz CT molecular complexity index is 1400. The average Bonchev–Trinajstić information content (AvgIpc) is 3.25. The van der Waals surface area contributed by atoms with Crippen molar-refractivity contribution in [1.82, 2.24) is 19.0 Å². The summed E-state index contributed by atoms with van der Waals surface area (Å²) in [5.41, 5.74) is -2.35. The van der Waals surface area contributed by atoms with Gasteiger partial charge in [-0.15, -0.1) is 0 Å². The van der Waals surface area contributed by atoms with Crippen LogP contribution in [-0.4, -0.2) is 60.1 Å². The van der Waals surface area contributed by atoms with E-state index in [1.165, 1.54) is 12.1 Å². The summed E-state index contributed by atoms with van der Waals surface area (Å²) in [6.07, 6.45) is 2.92. The number of hydrogen-bond acceptors (Lipinski definition) is 7. The Morgan fingerprint density at radius 3 is 2.44 bits per heavy atom. The minimum atomic E-state index is -5.46. The van der Waals surface area contributed by atoms with Gasteiger partial charge in [-0.05, 0) is 36.2 Å². The molecule has 1 amide bonds. The van der Waals surface area contributed by atoms with Crippen LogP contribution in [0.5, 0.6) is 5.75 Å². The number of fused-ring (bicyclic) bond motifs is 1. The van der Waals surface area contributed by atoms with Crippen molar-refractivity contribution in [3.8, 4) is 5.75 Å². The lowest BCUT2D eigenvalue weighted by Crippen LogP contribution is -2.46. The second-order valence-corrected chi connectivity index (χ2v) is 9.70. The highest BCUT2D eigenvalue weighted by Crippen LogP contribution is 2.27. The molecule has 1 aromatic carbocycles. The SMILES string of the molecule is CCc1nc2ccc(OC)cn2c1C(=O)NCc1ccc(N2CCN(S(=O)(=O)C(F)(F)F)C=N2)cc1. The Hall–Kier alpha value is -3.81. The van der Waals surface area contributed by atoms with Gasteiger partial charge in [0.15, 0.2) is 0 Å². The van der Waals surface area contributed by atoms with Crippen molar-refractivity contribution in [2.45, 2.75) is 25.4 Å². The van der Waals surface area contributed by atoms with E-state index in [-0.39, 0.29) is 23.3 Å². The number of methoxy groups -OCH3 is 1. The highest BCUT2D eigenvalue weighted by atomic mass is 32.2. The summed E-state index contributed by atoms with van der Waals surface area (Å²) < 4.78 is 68.2. The fourth-order valence-electron chi connectivity index (χ4n) is 3.67. The number of amides is 1. The van der Waals surface area contributed by atoms with Gasteiger partial charge < -0.3 is 10.1 Å². The van der Waals surface area contributed by atoms with Gasteiger partial charge in [0, 0.05) is 6.54 Å². The highest BCUT2D eigenvalue weighted by molar-refractivity contribution is 7.90. The zero-order valence-corrected chi connectivity index (χ0v) is 20.2. The predicted octanol–water partition coefficient (Wildman–Crippen LogP) is 2.75. The van der Waals surface area contributed by atoms with Crippen LogP contribution in [0, 0.1) is 0 Å². The second-order valence-electron chi connectivity index (χ2n) is 7.82. The minimum Gasteiger partial charge on any atom is -0.495 e. The van der Waals surface area contributed by atoms with E-state index < -0.39 is 22.1 Å². The maximum absolute atomic E-state index is 13.0. The standard InChI is InChI=1S/C22H23F3N6O4S/c1-3-18-20(30-13-17(35-2)8-9-19(30)28-18)21(32)26-12-15-4-6-16(7-5-15)31-11-10-29(14-27-31)36(33,34)22(23,24)25/h4-9,13-14H,3,10-12H2,1-2H3,(H,26,32). The number of ether oxygens (including phenoxy) is 1. The fraction of sp³-hybridized carbons (Fsp3) is 0.318. The lowest BCUT2D eigenvalue weighted by atomic mass is 10.2. The number of halogens is 3. The Kier molecular flexibility index (Phi) is 6.80. The largest absolute Gasteiger partial charge is 0.516 e. The van der Waals surface area contributed by atoms with E-state index in [2.05, 4.69) is 15.4 Å². The zero-order chi connectivity index (χ0) is 26.1. The zero-order valence-electron chi connectivity index (χ0n) is 19.4. The number of alkyl halides is 3. The van der Waals surface area contributed by atoms with E-state index in [0.717, 1.165) is 5.56 Å². The van der Waals surface area contributed by atoms with Crippen LogP contribution in [0.4, 0.5) is 18.9 Å². The molecule has 3 aromatic rings. The molecule has 3 heterocycles. The molecule has 1 aliphatic heterocycles. The smallest absolute Gasteiger partial charge is 0.495 e. The summed E-state index contributed by atoms with van der Waals surface area (Å²) in [5.74, 6) is 0.287. The number of nitrogens with one attached hydrogen (secondary N) is 1. The second kappa shape index (κ2) is 9.68. The number of pyridine rings is 1. The average molecular weight is 525 g/mol. The van der Waals surface area contributed by atoms with Gasteiger partial charge in [-0.25, -0.2) is 9.29 Å². The summed E-state index contributed by atoms with van der Waals surface area (Å²) in [6, 6.07) is 10.4. The van der Waals surface area contributed by atoms with E-state index in [9.17, 15) is 26.4 Å². The predicted molar refractivity (Wildman–Crippen MR) is 126 cm³/mol. The van der Waals surface area contributed by atoms with E-state index >= 15 is 0 Å². The first-order valence-corrected chi connectivity index (χ1v) is 12.3. The summed E-state index contributed by atoms with van der Waals surface area (Å²) >= 11 is 0. The Morgan fingerprint density at radius 2 is 1.86 bits per heavy atom. The van der Waals surface area contributed by atoms with Crippen LogP contribution in [0.3, 0.4) is 0 Å². The molecule has 0 fully saturated rings. The quantitative estimate of drug-likeness (QED) is 0.509. The van der Waals surface area contributed by atoms with Crippen molar-refractivity contribution in [3.63, 3.8) is 0 Å². The molecule has 14 heteroatoms. The van der Waals surface area contributed by atoms with E-state index in [0.29, 0.717) is 41.2 Å². The lowest BCUT2D eigenvalue weighted by molar-refractivity contribution is -0.0471. The van der Waals surface area contributed by atoms with Crippen LogP contribution in [0.15, 0.2) is 47.7 Å². The normalized spacial score (nSPS) is 14.4. The Morgan fingerprint density at radius 1 is 1.14 bits per heavy atom. The van der Waals surface area contributed by atoms with E-state index in [1.807, 2.05) is 6.92 Å². The number of hydrazone groups is 1.